The molecule has 1 aromatic rings. The number of amides is 2. The van der Waals surface area contributed by atoms with E-state index in [9.17, 15) is 9.59 Å². The minimum atomic E-state index is -0.188. The van der Waals surface area contributed by atoms with Crippen molar-refractivity contribution in [3.63, 3.8) is 0 Å². The lowest BCUT2D eigenvalue weighted by Gasteiger charge is -2.23. The van der Waals surface area contributed by atoms with E-state index in [-0.39, 0.29) is 24.3 Å². The van der Waals surface area contributed by atoms with E-state index in [0.717, 1.165) is 6.42 Å². The van der Waals surface area contributed by atoms with E-state index in [4.69, 9.17) is 10.00 Å². The maximum absolute atomic E-state index is 12.1. The van der Waals surface area contributed by atoms with Crippen molar-refractivity contribution in [3.05, 3.63) is 29.8 Å². The highest BCUT2D eigenvalue weighted by Gasteiger charge is 2.23. The molecule has 2 amide bonds. The number of para-hydroxylation sites is 1. The van der Waals surface area contributed by atoms with Crippen molar-refractivity contribution in [2.24, 2.45) is 0 Å². The van der Waals surface area contributed by atoms with Crippen LogP contribution in [0.4, 0.5) is 5.69 Å². The van der Waals surface area contributed by atoms with E-state index < -0.39 is 0 Å². The summed E-state index contributed by atoms with van der Waals surface area (Å²) in [7, 11) is 1.78. The minimum Gasteiger partial charge on any atom is -0.379 e. The number of anilines is 1. The second-order valence-electron chi connectivity index (χ2n) is 5.58. The molecule has 1 fully saturated rings. The van der Waals surface area contributed by atoms with Crippen molar-refractivity contribution < 1.29 is 14.3 Å². The molecule has 1 N–H and O–H groups in total. The first-order chi connectivity index (χ1) is 11.1. The van der Waals surface area contributed by atoms with Gasteiger partial charge in [-0.15, -0.1) is 0 Å². The van der Waals surface area contributed by atoms with Crippen LogP contribution in [0.1, 0.15) is 31.2 Å². The molecule has 0 bridgehead atoms. The molecule has 1 heterocycles. The summed E-state index contributed by atoms with van der Waals surface area (Å²) in [5.74, 6) is -0.155. The molecular formula is C17H21N3O3. The van der Waals surface area contributed by atoms with Crippen LogP contribution in [-0.4, -0.2) is 43.0 Å². The zero-order chi connectivity index (χ0) is 16.7. The van der Waals surface area contributed by atoms with E-state index in [2.05, 4.69) is 5.32 Å². The summed E-state index contributed by atoms with van der Waals surface area (Å²) in [6, 6.07) is 9.03. The van der Waals surface area contributed by atoms with E-state index in [1.54, 1.807) is 36.2 Å². The number of benzene rings is 1. The highest BCUT2D eigenvalue weighted by Crippen LogP contribution is 2.15. The number of carbonyl (C=O) groups excluding carboxylic acids is 2. The van der Waals surface area contributed by atoms with Crippen molar-refractivity contribution in [2.75, 3.05) is 25.6 Å². The molecule has 0 spiro atoms. The van der Waals surface area contributed by atoms with Crippen LogP contribution >= 0.6 is 0 Å². The Hall–Kier alpha value is -2.39. The quantitative estimate of drug-likeness (QED) is 0.869. The fourth-order valence-electron chi connectivity index (χ4n) is 2.51. The Morgan fingerprint density at radius 3 is 2.87 bits per heavy atom. The molecule has 0 aromatic heterocycles. The number of ether oxygens (including phenoxy) is 1. The molecule has 6 heteroatoms. The molecule has 0 aliphatic carbocycles. The molecule has 1 aromatic carbocycles. The van der Waals surface area contributed by atoms with Crippen molar-refractivity contribution >= 4 is 17.5 Å². The molecule has 6 nitrogen and oxygen atoms in total. The van der Waals surface area contributed by atoms with E-state index in [1.807, 2.05) is 6.07 Å². The highest BCUT2D eigenvalue weighted by molar-refractivity contribution is 5.92. The molecule has 1 aliphatic rings. The Morgan fingerprint density at radius 2 is 2.17 bits per heavy atom. The Labute approximate surface area is 136 Å². The number of nitrogens with one attached hydrogen (secondary N) is 1. The van der Waals surface area contributed by atoms with Gasteiger partial charge in [-0.3, -0.25) is 9.59 Å². The molecule has 23 heavy (non-hydrogen) atoms. The van der Waals surface area contributed by atoms with Gasteiger partial charge in [-0.05, 0) is 25.0 Å². The summed E-state index contributed by atoms with van der Waals surface area (Å²) in [5.41, 5.74) is 0.935. The van der Waals surface area contributed by atoms with Gasteiger partial charge in [0.05, 0.1) is 23.9 Å². The van der Waals surface area contributed by atoms with Crippen molar-refractivity contribution in [1.82, 2.24) is 4.90 Å². The van der Waals surface area contributed by atoms with Crippen LogP contribution in [0.15, 0.2) is 24.3 Å². The van der Waals surface area contributed by atoms with Crippen molar-refractivity contribution in [3.8, 4) is 6.07 Å². The van der Waals surface area contributed by atoms with Crippen LogP contribution < -0.4 is 5.32 Å². The first-order valence-corrected chi connectivity index (χ1v) is 7.74. The Morgan fingerprint density at radius 1 is 1.39 bits per heavy atom. The molecule has 1 atom stereocenters. The van der Waals surface area contributed by atoms with Crippen LogP contribution in [0.25, 0.3) is 0 Å². The molecule has 0 saturated carbocycles. The molecule has 1 saturated heterocycles. The second kappa shape index (κ2) is 8.30. The Balaban J connectivity index is 1.74. The number of nitriles is 1. The molecule has 122 valence electrons. The predicted octanol–water partition coefficient (Wildman–Crippen LogP) is 1.91. The maximum Gasteiger partial charge on any atom is 0.224 e. The summed E-state index contributed by atoms with van der Waals surface area (Å²) in [6.07, 6.45) is 1.94. The third-order valence-electron chi connectivity index (χ3n) is 3.96. The highest BCUT2D eigenvalue weighted by atomic mass is 16.5. The van der Waals surface area contributed by atoms with Gasteiger partial charge in [0.2, 0.25) is 11.8 Å². The third-order valence-corrected chi connectivity index (χ3v) is 3.96. The largest absolute Gasteiger partial charge is 0.379 e. The number of hydrogen-bond donors (Lipinski definition) is 1. The van der Waals surface area contributed by atoms with Gasteiger partial charge in [0.25, 0.3) is 0 Å². The SMILES string of the molecule is CN(C(=O)CCCC(=O)Nc1ccccc1C#N)[C@@H]1CCOC1. The van der Waals surface area contributed by atoms with Crippen molar-refractivity contribution in [1.29, 1.82) is 5.26 Å². The standard InChI is InChI=1S/C17H21N3O3/c1-20(14-9-10-23-12-14)17(22)8-4-7-16(21)19-15-6-3-2-5-13(15)11-18/h2-3,5-6,14H,4,7-10,12H2,1H3,(H,19,21)/t14-/m1/s1. The number of nitrogens with zero attached hydrogens (tertiary/aromatic N) is 2. The fraction of sp³-hybridized carbons (Fsp3) is 0.471. The summed E-state index contributed by atoms with van der Waals surface area (Å²) in [4.78, 5) is 25.7. The van der Waals surface area contributed by atoms with Crippen LogP contribution in [0.5, 0.6) is 0 Å². The normalized spacial score (nSPS) is 16.6. The average molecular weight is 315 g/mol. The first kappa shape index (κ1) is 17.0. The summed E-state index contributed by atoms with van der Waals surface area (Å²) >= 11 is 0. The summed E-state index contributed by atoms with van der Waals surface area (Å²) in [5, 5.41) is 11.7. The van der Waals surface area contributed by atoms with E-state index >= 15 is 0 Å². The lowest BCUT2D eigenvalue weighted by molar-refractivity contribution is -0.132. The molecular weight excluding hydrogens is 294 g/mol. The van der Waals surface area contributed by atoms with Crippen LogP contribution in [0, 0.1) is 11.3 Å². The molecule has 1 aliphatic heterocycles. The molecule has 0 unspecified atom stereocenters. The Kier molecular flexibility index (Phi) is 6.12. The number of rotatable bonds is 6. The summed E-state index contributed by atoms with van der Waals surface area (Å²) in [6.45, 7) is 1.29. The van der Waals surface area contributed by atoms with Gasteiger partial charge in [-0.25, -0.2) is 0 Å². The zero-order valence-corrected chi connectivity index (χ0v) is 13.2. The topological polar surface area (TPSA) is 82.4 Å². The van der Waals surface area contributed by atoms with Gasteiger partial charge in [0.15, 0.2) is 0 Å². The van der Waals surface area contributed by atoms with Gasteiger partial charge in [-0.1, -0.05) is 12.1 Å². The average Bonchev–Trinajstić information content (AvgIpc) is 3.09. The van der Waals surface area contributed by atoms with Gasteiger partial charge >= 0.3 is 0 Å². The third kappa shape index (κ3) is 4.80. The van der Waals surface area contributed by atoms with E-state index in [1.165, 1.54) is 0 Å². The number of carbonyl (C=O) groups is 2. The smallest absolute Gasteiger partial charge is 0.224 e. The van der Waals surface area contributed by atoms with Crippen LogP contribution in [0.2, 0.25) is 0 Å². The number of likely N-dealkylation sites (N-methyl/N-ethyl adjacent to an activating group) is 1. The van der Waals surface area contributed by atoms with E-state index in [0.29, 0.717) is 37.3 Å². The maximum atomic E-state index is 12.1. The van der Waals surface area contributed by atoms with Gasteiger partial charge in [0.1, 0.15) is 6.07 Å². The summed E-state index contributed by atoms with van der Waals surface area (Å²) < 4.78 is 5.27. The van der Waals surface area contributed by atoms with Gasteiger partial charge in [-0.2, -0.15) is 5.26 Å². The lowest BCUT2D eigenvalue weighted by atomic mass is 10.1. The monoisotopic (exact) mass is 315 g/mol. The predicted molar refractivity (Wildman–Crippen MR) is 85.6 cm³/mol. The fourth-order valence-corrected chi connectivity index (χ4v) is 2.51. The Bertz CT molecular complexity index is 603. The molecule has 2 rings (SSSR count). The minimum absolute atomic E-state index is 0.0331. The first-order valence-electron chi connectivity index (χ1n) is 7.74. The van der Waals surface area contributed by atoms with Crippen LogP contribution in [0.3, 0.4) is 0 Å². The lowest BCUT2D eigenvalue weighted by Crippen LogP contribution is -2.37. The zero-order valence-electron chi connectivity index (χ0n) is 13.2. The van der Waals surface area contributed by atoms with Gasteiger partial charge in [0, 0.05) is 26.5 Å². The van der Waals surface area contributed by atoms with Crippen molar-refractivity contribution in [2.45, 2.75) is 31.7 Å². The molecule has 0 radical (unpaired) electrons. The second-order valence-corrected chi connectivity index (χ2v) is 5.58. The van der Waals surface area contributed by atoms with Crippen LogP contribution in [-0.2, 0) is 14.3 Å². The van der Waals surface area contributed by atoms with Gasteiger partial charge < -0.3 is 15.0 Å². The number of hydrogen-bond acceptors (Lipinski definition) is 4.